The monoisotopic (exact) mass is 334 g/mol. The Labute approximate surface area is 139 Å². The molecule has 1 unspecified atom stereocenters. The van der Waals surface area contributed by atoms with E-state index in [1.807, 2.05) is 19.9 Å². The second-order valence-corrected chi connectivity index (χ2v) is 5.82. The molecule has 0 radical (unpaired) electrons. The first-order valence-electron chi connectivity index (χ1n) is 7.18. The van der Waals surface area contributed by atoms with Crippen LogP contribution in [0.25, 0.3) is 0 Å². The van der Waals surface area contributed by atoms with Crippen LogP contribution in [0.4, 0.5) is 11.4 Å². The molecule has 0 fully saturated rings. The number of rotatable bonds is 4. The summed E-state index contributed by atoms with van der Waals surface area (Å²) < 4.78 is 1.67. The van der Waals surface area contributed by atoms with Gasteiger partial charge in [0, 0.05) is 18.3 Å². The maximum atomic E-state index is 12.4. The highest BCUT2D eigenvalue weighted by Crippen LogP contribution is 2.26. The van der Waals surface area contributed by atoms with E-state index in [0.29, 0.717) is 16.4 Å². The number of aryl methyl sites for hydroxylation is 2. The van der Waals surface area contributed by atoms with Crippen LogP contribution in [0, 0.1) is 13.8 Å². The van der Waals surface area contributed by atoms with E-state index in [1.54, 1.807) is 29.8 Å². The van der Waals surface area contributed by atoms with Crippen LogP contribution >= 0.6 is 11.6 Å². The van der Waals surface area contributed by atoms with Crippen LogP contribution in [0.1, 0.15) is 31.3 Å². The summed E-state index contributed by atoms with van der Waals surface area (Å²) in [5, 5.41) is 10.1. The van der Waals surface area contributed by atoms with Crippen molar-refractivity contribution in [3.63, 3.8) is 0 Å². The maximum Gasteiger partial charge on any atom is 0.248 e. The van der Waals surface area contributed by atoms with Crippen LogP contribution in [0.5, 0.6) is 0 Å². The van der Waals surface area contributed by atoms with Crippen molar-refractivity contribution in [1.82, 2.24) is 9.78 Å². The van der Waals surface area contributed by atoms with Gasteiger partial charge in [-0.2, -0.15) is 5.10 Å². The third-order valence-corrected chi connectivity index (χ3v) is 3.65. The highest BCUT2D eigenvalue weighted by molar-refractivity contribution is 6.34. The second kappa shape index (κ2) is 6.83. The number of hydrogen-bond acceptors (Lipinski definition) is 3. The van der Waals surface area contributed by atoms with Gasteiger partial charge in [0.15, 0.2) is 0 Å². The van der Waals surface area contributed by atoms with Crippen molar-refractivity contribution in [2.24, 2.45) is 0 Å². The molecule has 2 amide bonds. The largest absolute Gasteiger partial charge is 0.326 e. The second-order valence-electron chi connectivity index (χ2n) is 5.41. The molecule has 0 spiro atoms. The van der Waals surface area contributed by atoms with Gasteiger partial charge in [0.25, 0.3) is 0 Å². The average molecular weight is 335 g/mol. The molecule has 0 saturated heterocycles. The molecule has 1 heterocycles. The zero-order valence-corrected chi connectivity index (χ0v) is 14.2. The molecule has 0 aliphatic rings. The van der Waals surface area contributed by atoms with E-state index in [1.165, 1.54) is 6.92 Å². The Kier molecular flexibility index (Phi) is 5.05. The number of carbonyl (C=O) groups excluding carboxylic acids is 2. The quantitative estimate of drug-likeness (QED) is 0.900. The number of carbonyl (C=O) groups is 2. The van der Waals surface area contributed by atoms with Gasteiger partial charge in [-0.15, -0.1) is 0 Å². The molecular weight excluding hydrogens is 316 g/mol. The molecule has 0 aliphatic heterocycles. The first-order valence-corrected chi connectivity index (χ1v) is 7.56. The molecule has 23 heavy (non-hydrogen) atoms. The van der Waals surface area contributed by atoms with Gasteiger partial charge in [0.05, 0.1) is 16.4 Å². The first-order chi connectivity index (χ1) is 10.8. The van der Waals surface area contributed by atoms with Crippen molar-refractivity contribution in [3.05, 3.63) is 40.7 Å². The summed E-state index contributed by atoms with van der Waals surface area (Å²) in [6.45, 7) is 6.97. The topological polar surface area (TPSA) is 76.0 Å². The van der Waals surface area contributed by atoms with Gasteiger partial charge < -0.3 is 10.6 Å². The summed E-state index contributed by atoms with van der Waals surface area (Å²) in [7, 11) is 0. The molecule has 1 atom stereocenters. The average Bonchev–Trinajstić information content (AvgIpc) is 2.79. The molecule has 6 nitrogen and oxygen atoms in total. The van der Waals surface area contributed by atoms with Crippen LogP contribution < -0.4 is 10.6 Å². The Hall–Kier alpha value is -2.34. The lowest BCUT2D eigenvalue weighted by atomic mass is 10.2. The van der Waals surface area contributed by atoms with Crippen LogP contribution in [0.3, 0.4) is 0 Å². The first kappa shape index (κ1) is 17.0. The van der Waals surface area contributed by atoms with E-state index in [0.717, 1.165) is 11.4 Å². The predicted octanol–water partition coefficient (Wildman–Crippen LogP) is 3.31. The Morgan fingerprint density at radius 2 is 1.91 bits per heavy atom. The van der Waals surface area contributed by atoms with Crippen molar-refractivity contribution in [2.45, 2.75) is 33.7 Å². The highest BCUT2D eigenvalue weighted by atomic mass is 35.5. The van der Waals surface area contributed by atoms with Gasteiger partial charge in [0.2, 0.25) is 11.8 Å². The normalized spacial score (nSPS) is 11.9. The SMILES string of the molecule is CC(=O)Nc1ccc(NC(=O)C(C)n2nc(C)cc2C)c(Cl)c1. The lowest BCUT2D eigenvalue weighted by Gasteiger charge is -2.15. The molecule has 2 aromatic rings. The number of aromatic nitrogens is 2. The number of amides is 2. The molecule has 0 aliphatic carbocycles. The Balaban J connectivity index is 2.13. The zero-order chi connectivity index (χ0) is 17.1. The summed E-state index contributed by atoms with van der Waals surface area (Å²) >= 11 is 6.15. The lowest BCUT2D eigenvalue weighted by molar-refractivity contribution is -0.119. The van der Waals surface area contributed by atoms with E-state index in [9.17, 15) is 9.59 Å². The number of nitrogens with one attached hydrogen (secondary N) is 2. The number of hydrogen-bond donors (Lipinski definition) is 2. The number of benzene rings is 1. The fourth-order valence-corrected chi connectivity index (χ4v) is 2.51. The number of nitrogens with zero attached hydrogens (tertiary/aromatic N) is 2. The molecule has 122 valence electrons. The molecular formula is C16H19ClN4O2. The predicted molar refractivity (Wildman–Crippen MR) is 90.8 cm³/mol. The summed E-state index contributed by atoms with van der Waals surface area (Å²) in [6.07, 6.45) is 0. The minimum absolute atomic E-state index is 0.184. The molecule has 7 heteroatoms. The Bertz CT molecular complexity index is 755. The Morgan fingerprint density at radius 1 is 1.22 bits per heavy atom. The molecule has 1 aromatic heterocycles. The maximum absolute atomic E-state index is 12.4. The molecule has 0 bridgehead atoms. The lowest BCUT2D eigenvalue weighted by Crippen LogP contribution is -2.25. The van der Waals surface area contributed by atoms with Gasteiger partial charge >= 0.3 is 0 Å². The summed E-state index contributed by atoms with van der Waals surface area (Å²) in [6, 6.07) is 6.37. The van der Waals surface area contributed by atoms with Gasteiger partial charge in [-0.05, 0) is 45.0 Å². The third kappa shape index (κ3) is 4.10. The smallest absolute Gasteiger partial charge is 0.248 e. The summed E-state index contributed by atoms with van der Waals surface area (Å²) in [5.74, 6) is -0.402. The number of halogens is 1. The van der Waals surface area contributed by atoms with Crippen molar-refractivity contribution >= 4 is 34.8 Å². The van der Waals surface area contributed by atoms with E-state index in [2.05, 4.69) is 15.7 Å². The molecule has 2 N–H and O–H groups in total. The number of anilines is 2. The highest BCUT2D eigenvalue weighted by Gasteiger charge is 2.19. The van der Waals surface area contributed by atoms with Gasteiger partial charge in [-0.1, -0.05) is 11.6 Å². The fourth-order valence-electron chi connectivity index (χ4n) is 2.28. The van der Waals surface area contributed by atoms with E-state index >= 15 is 0 Å². The molecule has 1 aromatic carbocycles. The van der Waals surface area contributed by atoms with E-state index in [4.69, 9.17) is 11.6 Å². The standard InChI is InChI=1S/C16H19ClN4O2/c1-9-7-10(2)21(20-9)11(3)16(23)19-15-6-5-13(8-14(15)17)18-12(4)22/h5-8,11H,1-4H3,(H,18,22)(H,19,23). The minimum Gasteiger partial charge on any atom is -0.326 e. The summed E-state index contributed by atoms with van der Waals surface area (Å²) in [5.41, 5.74) is 2.84. The van der Waals surface area contributed by atoms with Crippen LogP contribution in [0.2, 0.25) is 5.02 Å². The van der Waals surface area contributed by atoms with E-state index in [-0.39, 0.29) is 11.8 Å². The van der Waals surface area contributed by atoms with Crippen LogP contribution in [0.15, 0.2) is 24.3 Å². The van der Waals surface area contributed by atoms with Crippen molar-refractivity contribution in [1.29, 1.82) is 0 Å². The van der Waals surface area contributed by atoms with Gasteiger partial charge in [-0.3, -0.25) is 14.3 Å². The third-order valence-electron chi connectivity index (χ3n) is 3.34. The molecule has 2 rings (SSSR count). The van der Waals surface area contributed by atoms with Crippen molar-refractivity contribution in [3.8, 4) is 0 Å². The summed E-state index contributed by atoms with van der Waals surface area (Å²) in [4.78, 5) is 23.4. The molecule has 0 saturated carbocycles. The zero-order valence-electron chi connectivity index (χ0n) is 13.5. The van der Waals surface area contributed by atoms with Gasteiger partial charge in [-0.25, -0.2) is 0 Å². The minimum atomic E-state index is -0.463. The van der Waals surface area contributed by atoms with E-state index < -0.39 is 6.04 Å². The fraction of sp³-hybridized carbons (Fsp3) is 0.312. The Morgan fingerprint density at radius 3 is 2.43 bits per heavy atom. The van der Waals surface area contributed by atoms with Gasteiger partial charge in [0.1, 0.15) is 6.04 Å². The van der Waals surface area contributed by atoms with Crippen LogP contribution in [-0.2, 0) is 9.59 Å². The van der Waals surface area contributed by atoms with Crippen molar-refractivity contribution < 1.29 is 9.59 Å². The van der Waals surface area contributed by atoms with Crippen LogP contribution in [-0.4, -0.2) is 21.6 Å². The van der Waals surface area contributed by atoms with Crippen molar-refractivity contribution in [2.75, 3.05) is 10.6 Å².